The maximum Gasteiger partial charge on any atom is 0.407 e. The summed E-state index contributed by atoms with van der Waals surface area (Å²) < 4.78 is 6.15. The SMILES string of the molecule is Nc1nc2c(C#CCCNC(=O)OCc3ccccc3)cccc2s1. The summed E-state index contributed by atoms with van der Waals surface area (Å²) in [5.41, 5.74) is 8.36. The van der Waals surface area contributed by atoms with Gasteiger partial charge in [-0.05, 0) is 17.7 Å². The van der Waals surface area contributed by atoms with Gasteiger partial charge in [-0.2, -0.15) is 0 Å². The second-order valence-electron chi connectivity index (χ2n) is 5.24. The third-order valence-corrected chi connectivity index (χ3v) is 4.24. The summed E-state index contributed by atoms with van der Waals surface area (Å²) in [6.45, 7) is 0.682. The van der Waals surface area contributed by atoms with Gasteiger partial charge in [0.2, 0.25) is 0 Å². The number of fused-ring (bicyclic) bond motifs is 1. The van der Waals surface area contributed by atoms with E-state index in [-0.39, 0.29) is 6.61 Å². The molecule has 126 valence electrons. The van der Waals surface area contributed by atoms with E-state index in [0.29, 0.717) is 18.1 Å². The number of ether oxygens (including phenoxy) is 1. The monoisotopic (exact) mass is 351 g/mol. The number of nitrogen functional groups attached to an aromatic ring is 1. The summed E-state index contributed by atoms with van der Waals surface area (Å²) >= 11 is 1.44. The molecule has 0 bridgehead atoms. The maximum atomic E-state index is 11.6. The standard InChI is InChI=1S/C19H17N3O2S/c20-18-22-17-15(10-6-11-16(17)25-18)9-4-5-12-21-19(23)24-13-14-7-2-1-3-8-14/h1-3,6-8,10-11H,5,12-13H2,(H2,20,22)(H,21,23). The number of amides is 1. The first-order valence-corrected chi connectivity index (χ1v) is 8.62. The Balaban J connectivity index is 1.45. The van der Waals surface area contributed by atoms with Crippen LogP contribution >= 0.6 is 11.3 Å². The molecule has 2 aromatic carbocycles. The first kappa shape index (κ1) is 16.8. The molecule has 1 aromatic heterocycles. The molecule has 0 fully saturated rings. The van der Waals surface area contributed by atoms with Crippen LogP contribution in [0.5, 0.6) is 0 Å². The number of carbonyl (C=O) groups excluding carboxylic acids is 1. The molecule has 1 amide bonds. The molecule has 5 nitrogen and oxygen atoms in total. The zero-order chi connectivity index (χ0) is 17.5. The molecule has 3 rings (SSSR count). The van der Waals surface area contributed by atoms with Crippen LogP contribution in [0, 0.1) is 11.8 Å². The Bertz CT molecular complexity index is 926. The second-order valence-corrected chi connectivity index (χ2v) is 6.31. The van der Waals surface area contributed by atoms with Crippen molar-refractivity contribution in [3.63, 3.8) is 0 Å². The number of benzene rings is 2. The third kappa shape index (κ3) is 4.72. The van der Waals surface area contributed by atoms with E-state index in [1.54, 1.807) is 0 Å². The molecule has 0 saturated heterocycles. The van der Waals surface area contributed by atoms with Gasteiger partial charge < -0.3 is 15.8 Å². The van der Waals surface area contributed by atoms with Crippen LogP contribution < -0.4 is 11.1 Å². The number of alkyl carbamates (subject to hydrolysis) is 1. The lowest BCUT2D eigenvalue weighted by atomic mass is 10.2. The van der Waals surface area contributed by atoms with Crippen LogP contribution in [0.4, 0.5) is 9.93 Å². The van der Waals surface area contributed by atoms with Gasteiger partial charge in [0.05, 0.1) is 15.8 Å². The fraction of sp³-hybridized carbons (Fsp3) is 0.158. The van der Waals surface area contributed by atoms with Crippen molar-refractivity contribution in [3.05, 3.63) is 59.7 Å². The minimum atomic E-state index is -0.444. The highest BCUT2D eigenvalue weighted by Crippen LogP contribution is 2.25. The predicted octanol–water partition coefficient (Wildman–Crippen LogP) is 3.55. The number of rotatable bonds is 4. The van der Waals surface area contributed by atoms with Gasteiger partial charge in [-0.1, -0.05) is 59.6 Å². The molecule has 0 atom stereocenters. The van der Waals surface area contributed by atoms with Gasteiger partial charge in [-0.25, -0.2) is 9.78 Å². The summed E-state index contributed by atoms with van der Waals surface area (Å²) in [6.07, 6.45) is 0.0798. The third-order valence-electron chi connectivity index (χ3n) is 3.39. The number of anilines is 1. The van der Waals surface area contributed by atoms with E-state index in [2.05, 4.69) is 22.1 Å². The Morgan fingerprint density at radius 2 is 2.04 bits per heavy atom. The lowest BCUT2D eigenvalue weighted by Crippen LogP contribution is -2.24. The topological polar surface area (TPSA) is 77.2 Å². The summed E-state index contributed by atoms with van der Waals surface area (Å²) in [5, 5.41) is 3.22. The first-order valence-electron chi connectivity index (χ1n) is 7.81. The van der Waals surface area contributed by atoms with Gasteiger partial charge in [-0.15, -0.1) is 0 Å². The largest absolute Gasteiger partial charge is 0.445 e. The predicted molar refractivity (Wildman–Crippen MR) is 100 cm³/mol. The quantitative estimate of drug-likeness (QED) is 0.557. The van der Waals surface area contributed by atoms with Crippen molar-refractivity contribution in [2.45, 2.75) is 13.0 Å². The maximum absolute atomic E-state index is 11.6. The van der Waals surface area contributed by atoms with Gasteiger partial charge in [-0.3, -0.25) is 0 Å². The zero-order valence-electron chi connectivity index (χ0n) is 13.5. The molecule has 0 saturated carbocycles. The van der Waals surface area contributed by atoms with E-state index in [4.69, 9.17) is 10.5 Å². The van der Waals surface area contributed by atoms with Crippen LogP contribution in [-0.2, 0) is 11.3 Å². The van der Waals surface area contributed by atoms with Crippen molar-refractivity contribution in [1.82, 2.24) is 10.3 Å². The number of para-hydroxylation sites is 1. The molecule has 0 aliphatic heterocycles. The van der Waals surface area contributed by atoms with Gasteiger partial charge in [0.1, 0.15) is 6.61 Å². The minimum absolute atomic E-state index is 0.256. The van der Waals surface area contributed by atoms with E-state index in [1.165, 1.54) is 11.3 Å². The van der Waals surface area contributed by atoms with E-state index < -0.39 is 6.09 Å². The van der Waals surface area contributed by atoms with Crippen molar-refractivity contribution < 1.29 is 9.53 Å². The van der Waals surface area contributed by atoms with Crippen LogP contribution in [0.1, 0.15) is 17.5 Å². The number of carbonyl (C=O) groups is 1. The van der Waals surface area contributed by atoms with Crippen LogP contribution in [0.3, 0.4) is 0 Å². The molecule has 0 aliphatic carbocycles. The fourth-order valence-electron chi connectivity index (χ4n) is 2.23. The molecule has 3 N–H and O–H groups in total. The van der Waals surface area contributed by atoms with Crippen LogP contribution in [-0.4, -0.2) is 17.6 Å². The molecule has 3 aromatic rings. The number of nitrogens with two attached hydrogens (primary N) is 1. The molecule has 0 spiro atoms. The molecule has 0 radical (unpaired) electrons. The van der Waals surface area contributed by atoms with Gasteiger partial charge >= 0.3 is 6.09 Å². The molecule has 1 heterocycles. The highest BCUT2D eigenvalue weighted by Gasteiger charge is 2.04. The molecule has 0 aliphatic rings. The molecular formula is C19H17N3O2S. The van der Waals surface area contributed by atoms with Crippen molar-refractivity contribution >= 4 is 32.8 Å². The Morgan fingerprint density at radius 3 is 2.88 bits per heavy atom. The van der Waals surface area contributed by atoms with Crippen molar-refractivity contribution in [2.75, 3.05) is 12.3 Å². The fourth-order valence-corrected chi connectivity index (χ4v) is 2.99. The summed E-state index contributed by atoms with van der Waals surface area (Å²) in [6, 6.07) is 15.4. The zero-order valence-corrected chi connectivity index (χ0v) is 14.3. The average molecular weight is 351 g/mol. The van der Waals surface area contributed by atoms with E-state index in [9.17, 15) is 4.79 Å². The van der Waals surface area contributed by atoms with Crippen LogP contribution in [0.25, 0.3) is 10.2 Å². The van der Waals surface area contributed by atoms with Crippen LogP contribution in [0.2, 0.25) is 0 Å². The van der Waals surface area contributed by atoms with Crippen molar-refractivity contribution in [2.24, 2.45) is 0 Å². The van der Waals surface area contributed by atoms with Gasteiger partial charge in [0, 0.05) is 13.0 Å². The molecule has 25 heavy (non-hydrogen) atoms. The highest BCUT2D eigenvalue weighted by molar-refractivity contribution is 7.22. The lowest BCUT2D eigenvalue weighted by Gasteiger charge is -2.05. The summed E-state index contributed by atoms with van der Waals surface area (Å²) in [7, 11) is 0. The molecular weight excluding hydrogens is 334 g/mol. The Kier molecular flexibility index (Phi) is 5.50. The number of nitrogens with zero attached hydrogens (tertiary/aromatic N) is 1. The first-order chi connectivity index (χ1) is 12.2. The van der Waals surface area contributed by atoms with Gasteiger partial charge in [0.25, 0.3) is 0 Å². The number of hydrogen-bond acceptors (Lipinski definition) is 5. The lowest BCUT2D eigenvalue weighted by molar-refractivity contribution is 0.140. The highest BCUT2D eigenvalue weighted by atomic mass is 32.1. The minimum Gasteiger partial charge on any atom is -0.445 e. The smallest absolute Gasteiger partial charge is 0.407 e. The van der Waals surface area contributed by atoms with Crippen molar-refractivity contribution in [1.29, 1.82) is 0 Å². The number of aromatic nitrogens is 1. The summed E-state index contributed by atoms with van der Waals surface area (Å²) in [4.78, 5) is 15.9. The Labute approximate surface area is 149 Å². The number of hydrogen-bond donors (Lipinski definition) is 2. The Hall–Kier alpha value is -3.04. The van der Waals surface area contributed by atoms with E-state index >= 15 is 0 Å². The molecule has 6 heteroatoms. The second kappa shape index (κ2) is 8.18. The summed E-state index contributed by atoms with van der Waals surface area (Å²) in [5.74, 6) is 6.11. The number of thiazole rings is 1. The molecule has 0 unspecified atom stereocenters. The average Bonchev–Trinajstić information content (AvgIpc) is 3.01. The van der Waals surface area contributed by atoms with E-state index in [1.807, 2.05) is 48.5 Å². The van der Waals surface area contributed by atoms with Crippen molar-refractivity contribution in [3.8, 4) is 11.8 Å². The number of nitrogens with one attached hydrogen (secondary N) is 1. The normalized spacial score (nSPS) is 10.1. The van der Waals surface area contributed by atoms with E-state index in [0.717, 1.165) is 21.3 Å². The van der Waals surface area contributed by atoms with Gasteiger partial charge in [0.15, 0.2) is 5.13 Å². The van der Waals surface area contributed by atoms with Crippen LogP contribution in [0.15, 0.2) is 48.5 Å². The Morgan fingerprint density at radius 1 is 1.20 bits per heavy atom.